The van der Waals surface area contributed by atoms with Crippen molar-refractivity contribution >= 4 is 22.5 Å². The zero-order chi connectivity index (χ0) is 19.5. The number of benzene rings is 2. The van der Waals surface area contributed by atoms with Gasteiger partial charge in [-0.1, -0.05) is 6.07 Å². The SMILES string of the molecule is C[C@H](Oc1cccc(Oc2ccc(C(F)(F)F)cc2)c1[N+](=O)[O-])C(=O)Cl. The molecule has 0 bridgehead atoms. The zero-order valence-corrected chi connectivity index (χ0v) is 13.9. The third-order valence-corrected chi connectivity index (χ3v) is 3.48. The highest BCUT2D eigenvalue weighted by Gasteiger charge is 2.30. The van der Waals surface area contributed by atoms with Crippen LogP contribution in [0.4, 0.5) is 18.9 Å². The Balaban J connectivity index is 2.34. The van der Waals surface area contributed by atoms with E-state index in [1.165, 1.54) is 25.1 Å². The van der Waals surface area contributed by atoms with E-state index in [9.17, 15) is 28.1 Å². The Morgan fingerprint density at radius 1 is 1.15 bits per heavy atom. The number of nitrogens with zero attached hydrogens (tertiary/aromatic N) is 1. The van der Waals surface area contributed by atoms with Crippen LogP contribution >= 0.6 is 11.6 Å². The van der Waals surface area contributed by atoms with Crippen LogP contribution in [0.25, 0.3) is 0 Å². The van der Waals surface area contributed by atoms with E-state index in [-0.39, 0.29) is 17.2 Å². The van der Waals surface area contributed by atoms with Gasteiger partial charge in [0.15, 0.2) is 6.10 Å². The van der Waals surface area contributed by atoms with Gasteiger partial charge in [0.2, 0.25) is 11.5 Å². The van der Waals surface area contributed by atoms with Gasteiger partial charge in [0, 0.05) is 0 Å². The molecule has 0 heterocycles. The summed E-state index contributed by atoms with van der Waals surface area (Å²) in [6.07, 6.45) is -5.65. The summed E-state index contributed by atoms with van der Waals surface area (Å²) in [5.74, 6) is -0.567. The molecule has 2 aromatic rings. The zero-order valence-electron chi connectivity index (χ0n) is 13.1. The summed E-state index contributed by atoms with van der Waals surface area (Å²) in [7, 11) is 0. The molecule has 1 atom stereocenters. The Morgan fingerprint density at radius 3 is 2.23 bits per heavy atom. The van der Waals surface area contributed by atoms with Crippen molar-refractivity contribution in [3.05, 3.63) is 58.1 Å². The molecule has 138 valence electrons. The van der Waals surface area contributed by atoms with Crippen LogP contribution in [0.2, 0.25) is 0 Å². The smallest absolute Gasteiger partial charge is 0.416 e. The van der Waals surface area contributed by atoms with Crippen LogP contribution in [0.1, 0.15) is 12.5 Å². The van der Waals surface area contributed by atoms with Crippen LogP contribution in [-0.2, 0) is 11.0 Å². The normalized spacial score (nSPS) is 12.3. The maximum atomic E-state index is 12.6. The summed E-state index contributed by atoms with van der Waals surface area (Å²) in [6, 6.07) is 7.50. The topological polar surface area (TPSA) is 78.7 Å². The van der Waals surface area contributed by atoms with Crippen LogP contribution < -0.4 is 9.47 Å². The second-order valence-corrected chi connectivity index (χ2v) is 5.42. The molecule has 0 aliphatic heterocycles. The van der Waals surface area contributed by atoms with Crippen LogP contribution in [-0.4, -0.2) is 16.3 Å². The van der Waals surface area contributed by atoms with Crippen molar-refractivity contribution in [3.63, 3.8) is 0 Å². The molecule has 0 amide bonds. The molecular formula is C16H11ClF3NO5. The Morgan fingerprint density at radius 2 is 1.73 bits per heavy atom. The third kappa shape index (κ3) is 4.63. The first-order valence-corrected chi connectivity index (χ1v) is 7.46. The lowest BCUT2D eigenvalue weighted by Gasteiger charge is -2.13. The fourth-order valence-electron chi connectivity index (χ4n) is 1.94. The van der Waals surface area contributed by atoms with Gasteiger partial charge in [0.1, 0.15) is 5.75 Å². The lowest BCUT2D eigenvalue weighted by molar-refractivity contribution is -0.386. The Labute approximate surface area is 150 Å². The first-order valence-electron chi connectivity index (χ1n) is 7.08. The molecule has 0 unspecified atom stereocenters. The molecule has 0 saturated heterocycles. The highest BCUT2D eigenvalue weighted by molar-refractivity contribution is 6.64. The van der Waals surface area contributed by atoms with Crippen molar-refractivity contribution in [2.45, 2.75) is 19.2 Å². The molecule has 0 spiro atoms. The summed E-state index contributed by atoms with van der Waals surface area (Å²) in [6.45, 7) is 1.31. The predicted octanol–water partition coefficient (Wildman–Crippen LogP) is 4.94. The first-order chi connectivity index (χ1) is 12.1. The summed E-state index contributed by atoms with van der Waals surface area (Å²) in [4.78, 5) is 21.6. The van der Waals surface area contributed by atoms with Crippen molar-refractivity contribution in [3.8, 4) is 17.2 Å². The molecule has 0 N–H and O–H groups in total. The number of rotatable bonds is 6. The predicted molar refractivity (Wildman–Crippen MR) is 85.6 cm³/mol. The molecule has 6 nitrogen and oxygen atoms in total. The number of hydrogen-bond donors (Lipinski definition) is 0. The minimum absolute atomic E-state index is 0.0419. The molecule has 0 aliphatic rings. The molecule has 2 rings (SSSR count). The molecule has 0 aromatic heterocycles. The van der Waals surface area contributed by atoms with E-state index in [4.69, 9.17) is 21.1 Å². The fourth-order valence-corrected chi connectivity index (χ4v) is 1.98. The lowest BCUT2D eigenvalue weighted by Crippen LogP contribution is -2.19. The average molecular weight is 390 g/mol. The van der Waals surface area contributed by atoms with Crippen molar-refractivity contribution in [1.82, 2.24) is 0 Å². The Bertz CT molecular complexity index is 824. The first kappa shape index (κ1) is 19.5. The summed E-state index contributed by atoms with van der Waals surface area (Å²) in [5.41, 5.74) is -1.47. The largest absolute Gasteiger partial charge is 0.474 e. The van der Waals surface area contributed by atoms with E-state index in [0.717, 1.165) is 24.3 Å². The van der Waals surface area contributed by atoms with E-state index in [0.29, 0.717) is 0 Å². The van der Waals surface area contributed by atoms with Gasteiger partial charge in [-0.05, 0) is 54.9 Å². The molecule has 0 fully saturated rings. The van der Waals surface area contributed by atoms with Gasteiger partial charge in [0.05, 0.1) is 10.5 Å². The van der Waals surface area contributed by atoms with Crippen molar-refractivity contribution in [2.24, 2.45) is 0 Å². The van der Waals surface area contributed by atoms with E-state index in [1.807, 2.05) is 0 Å². The van der Waals surface area contributed by atoms with Crippen LogP contribution in [0.3, 0.4) is 0 Å². The van der Waals surface area contributed by atoms with Crippen LogP contribution in [0.15, 0.2) is 42.5 Å². The van der Waals surface area contributed by atoms with Crippen molar-refractivity contribution in [1.29, 1.82) is 0 Å². The molecule has 26 heavy (non-hydrogen) atoms. The number of nitro groups is 1. The number of halogens is 4. The molecular weight excluding hydrogens is 379 g/mol. The molecule has 10 heteroatoms. The average Bonchev–Trinajstić information content (AvgIpc) is 2.54. The molecule has 2 aromatic carbocycles. The van der Waals surface area contributed by atoms with Gasteiger partial charge < -0.3 is 9.47 Å². The second-order valence-electron chi connectivity index (χ2n) is 5.05. The fraction of sp³-hybridized carbons (Fsp3) is 0.188. The Kier molecular flexibility index (Phi) is 5.71. The number of carbonyl (C=O) groups is 1. The quantitative estimate of drug-likeness (QED) is 0.397. The van der Waals surface area contributed by atoms with Crippen LogP contribution in [0, 0.1) is 10.1 Å². The highest BCUT2D eigenvalue weighted by atomic mass is 35.5. The lowest BCUT2D eigenvalue weighted by atomic mass is 10.2. The minimum Gasteiger partial charge on any atom is -0.474 e. The van der Waals surface area contributed by atoms with Gasteiger partial charge in [-0.3, -0.25) is 14.9 Å². The van der Waals surface area contributed by atoms with E-state index in [1.54, 1.807) is 0 Å². The standard InChI is InChI=1S/C16H11ClF3NO5/c1-9(15(17)22)25-12-3-2-4-13(14(12)21(23)24)26-11-7-5-10(6-8-11)16(18,19)20/h2-9H,1H3/t9-/m0/s1. The van der Waals surface area contributed by atoms with Crippen molar-refractivity contribution < 1.29 is 32.4 Å². The molecule has 0 radical (unpaired) electrons. The maximum absolute atomic E-state index is 12.6. The number of para-hydroxylation sites is 1. The number of hydrogen-bond acceptors (Lipinski definition) is 5. The third-order valence-electron chi connectivity index (χ3n) is 3.18. The molecule has 0 aliphatic carbocycles. The van der Waals surface area contributed by atoms with Crippen LogP contribution in [0.5, 0.6) is 17.2 Å². The summed E-state index contributed by atoms with van der Waals surface area (Å²) in [5, 5.41) is 10.5. The van der Waals surface area contributed by atoms with Crippen molar-refractivity contribution in [2.75, 3.05) is 0 Å². The number of nitro benzene ring substituents is 1. The molecule has 0 saturated carbocycles. The van der Waals surface area contributed by atoms with Gasteiger partial charge in [-0.15, -0.1) is 0 Å². The van der Waals surface area contributed by atoms with Gasteiger partial charge in [-0.25, -0.2) is 0 Å². The van der Waals surface area contributed by atoms with Gasteiger partial charge in [-0.2, -0.15) is 13.2 Å². The Hall–Kier alpha value is -2.81. The highest BCUT2D eigenvalue weighted by Crippen LogP contribution is 2.40. The maximum Gasteiger partial charge on any atom is 0.416 e. The summed E-state index contributed by atoms with van der Waals surface area (Å²) < 4.78 is 48.2. The van der Waals surface area contributed by atoms with E-state index in [2.05, 4.69) is 0 Å². The number of carbonyl (C=O) groups excluding carboxylic acids is 1. The van der Waals surface area contributed by atoms with E-state index >= 15 is 0 Å². The minimum atomic E-state index is -4.51. The van der Waals surface area contributed by atoms with E-state index < -0.39 is 33.7 Å². The monoisotopic (exact) mass is 389 g/mol. The number of alkyl halides is 3. The van der Waals surface area contributed by atoms with Gasteiger partial charge >= 0.3 is 11.9 Å². The number of ether oxygens (including phenoxy) is 2. The second kappa shape index (κ2) is 7.61. The van der Waals surface area contributed by atoms with Gasteiger partial charge in [0.25, 0.3) is 5.24 Å². The summed E-state index contributed by atoms with van der Waals surface area (Å²) >= 11 is 5.27.